The molecule has 0 bridgehead atoms. The van der Waals surface area contributed by atoms with Gasteiger partial charge in [-0.1, -0.05) is 0 Å². The lowest BCUT2D eigenvalue weighted by molar-refractivity contribution is -0.300. The van der Waals surface area contributed by atoms with Crippen LogP contribution in [0.25, 0.3) is 0 Å². The lowest BCUT2D eigenvalue weighted by Gasteiger charge is -2.46. The Morgan fingerprint density at radius 3 is 1.25 bits per heavy atom. The first kappa shape index (κ1) is 29.8. The molecule has 204 valence electrons. The summed E-state index contributed by atoms with van der Waals surface area (Å²) < 4.78 is 10.1. The Labute approximate surface area is 203 Å². The summed E-state index contributed by atoms with van der Waals surface area (Å²) in [6.07, 6.45) is -10.3. The van der Waals surface area contributed by atoms with Gasteiger partial charge in [0.2, 0.25) is 23.4 Å². The van der Waals surface area contributed by atoms with Gasteiger partial charge in [-0.3, -0.25) is 19.2 Å². The van der Waals surface area contributed by atoms with Crippen LogP contribution in [0.2, 0.25) is 0 Å². The third-order valence-electron chi connectivity index (χ3n) is 5.82. The molecule has 16 heteroatoms. The van der Waals surface area contributed by atoms with Crippen molar-refractivity contribution in [2.45, 2.75) is 74.1 Å². The van der Waals surface area contributed by atoms with Crippen LogP contribution in [0, 0.1) is 0 Å². The topological polar surface area (TPSA) is 273 Å². The summed E-state index contributed by atoms with van der Waals surface area (Å²) in [5, 5.41) is 85.1. The Morgan fingerprint density at radius 1 is 0.694 bits per heavy atom. The number of rotatable bonds is 8. The lowest BCUT2D eigenvalue weighted by atomic mass is 9.86. The summed E-state index contributed by atoms with van der Waals surface area (Å²) in [5.74, 6) is -10.9. The van der Waals surface area contributed by atoms with Crippen LogP contribution in [0.1, 0.15) is 13.8 Å². The Kier molecular flexibility index (Phi) is 9.41. The lowest BCUT2D eigenvalue weighted by Crippen LogP contribution is -2.73. The van der Waals surface area contributed by atoms with E-state index in [4.69, 9.17) is 9.47 Å². The van der Waals surface area contributed by atoms with Gasteiger partial charge in [-0.2, -0.15) is 0 Å². The highest BCUT2D eigenvalue weighted by atomic mass is 16.7. The van der Waals surface area contributed by atoms with Gasteiger partial charge in [0.05, 0.1) is 13.2 Å². The first-order valence-electron chi connectivity index (χ1n) is 10.7. The second-order valence-corrected chi connectivity index (χ2v) is 8.45. The molecule has 2 heterocycles. The second kappa shape index (κ2) is 11.3. The van der Waals surface area contributed by atoms with Crippen LogP contribution in [-0.2, 0) is 28.7 Å². The second-order valence-electron chi connectivity index (χ2n) is 8.45. The molecule has 10 N–H and O–H groups in total. The fourth-order valence-corrected chi connectivity index (χ4v) is 3.95. The highest BCUT2D eigenvalue weighted by molar-refractivity contribution is 6.05. The zero-order chi connectivity index (χ0) is 27.6. The van der Waals surface area contributed by atoms with Gasteiger partial charge in [-0.25, -0.2) is 0 Å². The summed E-state index contributed by atoms with van der Waals surface area (Å²) in [7, 11) is 0. The smallest absolute Gasteiger partial charge is 0.254 e. The van der Waals surface area contributed by atoms with Crippen LogP contribution in [-0.4, -0.2) is 138 Å². The van der Waals surface area contributed by atoms with E-state index in [2.05, 4.69) is 0 Å². The fraction of sp³-hybridized carbons (Fsp3) is 0.700. The number of ether oxygens (including phenoxy) is 2. The van der Waals surface area contributed by atoms with Gasteiger partial charge in [0.15, 0.2) is 0 Å². The van der Waals surface area contributed by atoms with E-state index in [1.54, 1.807) is 0 Å². The minimum Gasteiger partial charge on any atom is -0.394 e. The standard InChI is InChI=1S/C20H30N2O14/c1-7(25)21-17-15(31)13(29)9(5-23)35-19(17,33)11(27)3-4-12(28)20(34)18(22-8(2)26)16(32)14(30)10(6-24)36-20/h3-4,9-10,13-18,23-24,29-34H,5-6H2,1-2H3,(H,21,25)(H,22,26)/b4-3-/t9-,10-,13-,14-,15+,16+,17-,18-,19?,20?/m1/s1. The number of hydrogen-bond donors (Lipinski definition) is 10. The summed E-state index contributed by atoms with van der Waals surface area (Å²) in [6, 6.07) is -3.92. The molecule has 2 saturated heterocycles. The molecule has 2 fully saturated rings. The van der Waals surface area contributed by atoms with E-state index >= 15 is 0 Å². The van der Waals surface area contributed by atoms with Crippen molar-refractivity contribution in [3.63, 3.8) is 0 Å². The number of aliphatic hydroxyl groups excluding tert-OH is 6. The van der Waals surface area contributed by atoms with Crippen molar-refractivity contribution < 1.29 is 69.5 Å². The molecule has 0 saturated carbocycles. The van der Waals surface area contributed by atoms with Gasteiger partial charge in [-0.15, -0.1) is 0 Å². The van der Waals surface area contributed by atoms with Gasteiger partial charge in [0.25, 0.3) is 11.6 Å². The Morgan fingerprint density at radius 2 is 1.00 bits per heavy atom. The number of amides is 2. The van der Waals surface area contributed by atoms with Crippen molar-refractivity contribution in [3.05, 3.63) is 12.2 Å². The zero-order valence-corrected chi connectivity index (χ0v) is 19.2. The average molecular weight is 522 g/mol. The SMILES string of the molecule is CC(=O)N[C@@H]1[C@@H](O)[C@H](O)[C@@H](CO)OC1(O)C(=O)/C=C\C(=O)C1(O)O[C@H](CO)[C@@H](O)[C@H](O)[C@H]1NC(C)=O. The molecule has 36 heavy (non-hydrogen) atoms. The van der Waals surface area contributed by atoms with Crippen LogP contribution in [0.3, 0.4) is 0 Å². The molecule has 16 nitrogen and oxygen atoms in total. The van der Waals surface area contributed by atoms with Crippen molar-refractivity contribution in [2.75, 3.05) is 13.2 Å². The molecular formula is C20H30N2O14. The number of ketones is 2. The van der Waals surface area contributed by atoms with Crippen LogP contribution in [0.4, 0.5) is 0 Å². The Balaban J connectivity index is 2.40. The maximum absolute atomic E-state index is 12.9. The minimum atomic E-state index is -3.11. The molecule has 0 aromatic carbocycles. The van der Waals surface area contributed by atoms with Crippen molar-refractivity contribution in [1.82, 2.24) is 10.6 Å². The van der Waals surface area contributed by atoms with Crippen molar-refractivity contribution in [2.24, 2.45) is 0 Å². The molecule has 0 radical (unpaired) electrons. The first-order chi connectivity index (χ1) is 16.6. The summed E-state index contributed by atoms with van der Waals surface area (Å²) in [4.78, 5) is 48.8. The van der Waals surface area contributed by atoms with E-state index in [1.165, 1.54) is 0 Å². The fourth-order valence-electron chi connectivity index (χ4n) is 3.95. The molecule has 2 rings (SSSR count). The number of carbonyl (C=O) groups is 4. The minimum absolute atomic E-state index is 0.355. The van der Waals surface area contributed by atoms with Gasteiger partial charge in [-0.05, 0) is 12.2 Å². The molecule has 2 unspecified atom stereocenters. The molecule has 2 aliphatic heterocycles. The molecule has 0 spiro atoms. The predicted molar refractivity (Wildman–Crippen MR) is 112 cm³/mol. The van der Waals surface area contributed by atoms with Gasteiger partial charge < -0.3 is 61.0 Å². The maximum atomic E-state index is 12.9. The Bertz CT molecular complexity index is 828. The highest BCUT2D eigenvalue weighted by Crippen LogP contribution is 2.31. The van der Waals surface area contributed by atoms with Crippen LogP contribution < -0.4 is 10.6 Å². The highest BCUT2D eigenvalue weighted by Gasteiger charge is 2.59. The largest absolute Gasteiger partial charge is 0.394 e. The normalized spacial score (nSPS) is 41.1. The van der Waals surface area contributed by atoms with E-state index in [-0.39, 0.29) is 0 Å². The molecule has 0 aromatic heterocycles. The van der Waals surface area contributed by atoms with Crippen LogP contribution >= 0.6 is 0 Å². The molecule has 0 aliphatic carbocycles. The maximum Gasteiger partial charge on any atom is 0.254 e. The van der Waals surface area contributed by atoms with Crippen molar-refractivity contribution >= 4 is 23.4 Å². The third kappa shape index (κ3) is 5.62. The van der Waals surface area contributed by atoms with Gasteiger partial charge >= 0.3 is 0 Å². The molecular weight excluding hydrogens is 492 g/mol. The van der Waals surface area contributed by atoms with Crippen molar-refractivity contribution in [3.8, 4) is 0 Å². The quantitative estimate of drug-likeness (QED) is 0.133. The molecule has 2 amide bonds. The number of nitrogens with one attached hydrogen (secondary N) is 2. The Hall–Kier alpha value is -2.38. The number of hydrogen-bond acceptors (Lipinski definition) is 14. The molecule has 10 atom stereocenters. The average Bonchev–Trinajstić information content (AvgIpc) is 2.81. The van der Waals surface area contributed by atoms with E-state index in [0.29, 0.717) is 12.2 Å². The van der Waals surface area contributed by atoms with Gasteiger partial charge in [0, 0.05) is 13.8 Å². The van der Waals surface area contributed by atoms with E-state index in [1.807, 2.05) is 10.6 Å². The van der Waals surface area contributed by atoms with Gasteiger partial charge in [0.1, 0.15) is 48.7 Å². The van der Waals surface area contributed by atoms with E-state index in [0.717, 1.165) is 13.8 Å². The summed E-state index contributed by atoms with van der Waals surface area (Å²) >= 11 is 0. The number of carbonyl (C=O) groups excluding carboxylic acids is 4. The third-order valence-corrected chi connectivity index (χ3v) is 5.82. The summed E-state index contributed by atoms with van der Waals surface area (Å²) in [5.41, 5.74) is 0. The summed E-state index contributed by atoms with van der Waals surface area (Å²) in [6.45, 7) is 0.0177. The number of aliphatic hydroxyl groups is 8. The molecule has 0 aromatic rings. The van der Waals surface area contributed by atoms with Crippen molar-refractivity contribution in [1.29, 1.82) is 0 Å². The predicted octanol–water partition coefficient (Wildman–Crippen LogP) is -6.71. The molecule has 2 aliphatic rings. The van der Waals surface area contributed by atoms with Crippen LogP contribution in [0.15, 0.2) is 12.2 Å². The first-order valence-corrected chi connectivity index (χ1v) is 10.7. The van der Waals surface area contributed by atoms with E-state index < -0.39 is 96.9 Å². The zero-order valence-electron chi connectivity index (χ0n) is 19.2. The van der Waals surface area contributed by atoms with E-state index in [9.17, 15) is 60.0 Å². The van der Waals surface area contributed by atoms with Crippen LogP contribution in [0.5, 0.6) is 0 Å². The monoisotopic (exact) mass is 522 g/mol.